The lowest BCUT2D eigenvalue weighted by Crippen LogP contribution is -2.04. The molecule has 0 atom stereocenters. The van der Waals surface area contributed by atoms with Crippen molar-refractivity contribution in [2.75, 3.05) is 28.4 Å². The number of aromatic hydroxyl groups is 2. The van der Waals surface area contributed by atoms with E-state index < -0.39 is 9.84 Å². The molecule has 10 rings (SSSR count). The summed E-state index contributed by atoms with van der Waals surface area (Å²) in [5.74, 6) is 2.68. The number of fused-ring (bicyclic) bond motifs is 4. The minimum atomic E-state index is -4.39. The summed E-state index contributed by atoms with van der Waals surface area (Å²) >= 11 is 0. The minimum absolute atomic E-state index is 0.0382. The molecule has 65 heavy (non-hydrogen) atoms. The fraction of sp³-hybridized carbons (Fsp3) is 0.0714. The molecule has 0 unspecified atom stereocenters. The highest BCUT2D eigenvalue weighted by atomic mass is 32.2. The predicted octanol–water partition coefficient (Wildman–Crippen LogP) is 13.2. The van der Waals surface area contributed by atoms with Crippen molar-refractivity contribution in [2.45, 2.75) is 9.79 Å². The molecule has 0 fully saturated rings. The number of phenolic OH excluding ortho intramolecular Hbond substituents is 2. The third-order valence-corrected chi connectivity index (χ3v) is 13.9. The van der Waals surface area contributed by atoms with Crippen LogP contribution < -0.4 is 18.9 Å². The van der Waals surface area contributed by atoms with Crippen LogP contribution in [0.4, 0.5) is 0 Å². The zero-order valence-corrected chi connectivity index (χ0v) is 36.7. The molecular formula is C56H42O8S. The number of phenols is 2. The first-order chi connectivity index (χ1) is 31.5. The Balaban J connectivity index is 1.20. The van der Waals surface area contributed by atoms with Gasteiger partial charge in [-0.05, 0) is 162 Å². The first-order valence-corrected chi connectivity index (χ1v) is 22.3. The highest BCUT2D eigenvalue weighted by Gasteiger charge is 2.27. The van der Waals surface area contributed by atoms with Gasteiger partial charge >= 0.3 is 0 Å². The molecule has 0 aliphatic heterocycles. The zero-order chi connectivity index (χ0) is 45.0. The summed E-state index contributed by atoms with van der Waals surface area (Å²) < 4.78 is 52.8. The topological polar surface area (TPSA) is 112 Å². The molecule has 0 amide bonds. The Bertz CT molecular complexity index is 3200. The normalized spacial score (nSPS) is 11.6. The molecule has 320 valence electrons. The summed E-state index contributed by atoms with van der Waals surface area (Å²) in [6.45, 7) is 0. The maximum atomic E-state index is 15.5. The average Bonchev–Trinajstić information content (AvgIpc) is 3.35. The van der Waals surface area contributed by atoms with Gasteiger partial charge in [-0.3, -0.25) is 0 Å². The number of hydrogen-bond donors (Lipinski definition) is 2. The maximum absolute atomic E-state index is 15.5. The van der Waals surface area contributed by atoms with Crippen LogP contribution in [0.25, 0.3) is 87.6 Å². The van der Waals surface area contributed by atoms with E-state index in [0.717, 1.165) is 43.1 Å². The summed E-state index contributed by atoms with van der Waals surface area (Å²) in [4.78, 5) is -0.0764. The molecule has 8 nitrogen and oxygen atoms in total. The van der Waals surface area contributed by atoms with Crippen molar-refractivity contribution >= 4 is 52.9 Å². The van der Waals surface area contributed by atoms with Gasteiger partial charge in [0.25, 0.3) is 0 Å². The Hall–Kier alpha value is -8.01. The van der Waals surface area contributed by atoms with Gasteiger partial charge in [-0.15, -0.1) is 0 Å². The SMILES string of the molecule is COc1ccc2cc(-c3cc(S(=O)(=O)c4cc(-c5ccc6cc(OC)ccc6c5)c(O)c(-c5ccc6cc(OC)ccc6c5)c4)cc(-c4ccc5cc(OC)ccc5c4)c3O)ccc2c1. The fourth-order valence-corrected chi connectivity index (χ4v) is 9.98. The Kier molecular flexibility index (Phi) is 10.3. The molecule has 0 heterocycles. The quantitative estimate of drug-likeness (QED) is 0.140. The van der Waals surface area contributed by atoms with Crippen molar-refractivity contribution < 1.29 is 37.6 Å². The lowest BCUT2D eigenvalue weighted by atomic mass is 9.94. The number of hydrogen-bond acceptors (Lipinski definition) is 8. The Morgan fingerprint density at radius 3 is 0.754 bits per heavy atom. The number of benzene rings is 10. The molecule has 2 N–H and O–H groups in total. The van der Waals surface area contributed by atoms with E-state index >= 15 is 8.42 Å². The van der Waals surface area contributed by atoms with Crippen LogP contribution in [0.2, 0.25) is 0 Å². The van der Waals surface area contributed by atoms with Gasteiger partial charge in [0.05, 0.1) is 38.2 Å². The highest BCUT2D eigenvalue weighted by Crippen LogP contribution is 2.46. The maximum Gasteiger partial charge on any atom is 0.206 e. The van der Waals surface area contributed by atoms with E-state index in [9.17, 15) is 10.2 Å². The number of sulfone groups is 1. The second-order valence-electron chi connectivity index (χ2n) is 15.9. The summed E-state index contributed by atoms with van der Waals surface area (Å²) in [6.07, 6.45) is 0. The Morgan fingerprint density at radius 1 is 0.308 bits per heavy atom. The molecule has 0 spiro atoms. The lowest BCUT2D eigenvalue weighted by Gasteiger charge is -2.18. The first kappa shape index (κ1) is 41.0. The van der Waals surface area contributed by atoms with Crippen LogP contribution in [0, 0.1) is 0 Å². The molecule has 0 saturated heterocycles. The van der Waals surface area contributed by atoms with Gasteiger partial charge in [0.15, 0.2) is 0 Å². The van der Waals surface area contributed by atoms with Gasteiger partial charge in [0.2, 0.25) is 9.84 Å². The summed E-state index contributed by atoms with van der Waals surface area (Å²) in [5.41, 5.74) is 3.83. The van der Waals surface area contributed by atoms with Crippen LogP contribution in [0.5, 0.6) is 34.5 Å². The van der Waals surface area contributed by atoms with Crippen molar-refractivity contribution in [1.82, 2.24) is 0 Å². The van der Waals surface area contributed by atoms with E-state index in [1.165, 1.54) is 24.3 Å². The Morgan fingerprint density at radius 2 is 0.523 bits per heavy atom. The van der Waals surface area contributed by atoms with Gasteiger partial charge in [-0.1, -0.05) is 72.8 Å². The van der Waals surface area contributed by atoms with Crippen molar-refractivity contribution in [1.29, 1.82) is 0 Å². The predicted molar refractivity (Wildman–Crippen MR) is 260 cm³/mol. The largest absolute Gasteiger partial charge is 0.507 e. The summed E-state index contributed by atoms with van der Waals surface area (Å²) in [5, 5.41) is 31.7. The second kappa shape index (κ2) is 16.3. The van der Waals surface area contributed by atoms with E-state index in [0.29, 0.717) is 67.5 Å². The zero-order valence-electron chi connectivity index (χ0n) is 35.9. The van der Waals surface area contributed by atoms with E-state index in [2.05, 4.69) is 0 Å². The smallest absolute Gasteiger partial charge is 0.206 e. The molecule has 0 saturated carbocycles. The first-order valence-electron chi connectivity index (χ1n) is 20.9. The highest BCUT2D eigenvalue weighted by molar-refractivity contribution is 7.91. The third-order valence-electron chi connectivity index (χ3n) is 12.2. The average molecular weight is 875 g/mol. The molecule has 10 aromatic carbocycles. The second-order valence-corrected chi connectivity index (χ2v) is 17.9. The van der Waals surface area contributed by atoms with Gasteiger partial charge in [0, 0.05) is 22.3 Å². The van der Waals surface area contributed by atoms with Crippen LogP contribution in [0.1, 0.15) is 0 Å². The Labute approximate surface area is 376 Å². The van der Waals surface area contributed by atoms with Crippen molar-refractivity contribution in [3.8, 4) is 79.0 Å². The third kappa shape index (κ3) is 7.45. The van der Waals surface area contributed by atoms with Gasteiger partial charge in [-0.2, -0.15) is 0 Å². The minimum Gasteiger partial charge on any atom is -0.507 e. The van der Waals surface area contributed by atoms with Crippen LogP contribution in [-0.2, 0) is 9.84 Å². The molecule has 0 aliphatic carbocycles. The van der Waals surface area contributed by atoms with Gasteiger partial charge < -0.3 is 29.2 Å². The van der Waals surface area contributed by atoms with Gasteiger partial charge in [0.1, 0.15) is 34.5 Å². The molecule has 10 aromatic rings. The summed E-state index contributed by atoms with van der Waals surface area (Å²) in [6, 6.07) is 51.9. The number of methoxy groups -OCH3 is 4. The van der Waals surface area contributed by atoms with Gasteiger partial charge in [-0.25, -0.2) is 8.42 Å². The monoisotopic (exact) mass is 874 g/mol. The van der Waals surface area contributed by atoms with Crippen molar-refractivity contribution in [3.05, 3.63) is 170 Å². The number of ether oxygens (including phenoxy) is 4. The van der Waals surface area contributed by atoms with Crippen LogP contribution in [0.3, 0.4) is 0 Å². The molecule has 0 bridgehead atoms. The van der Waals surface area contributed by atoms with Crippen molar-refractivity contribution in [3.63, 3.8) is 0 Å². The van der Waals surface area contributed by atoms with Crippen LogP contribution in [0.15, 0.2) is 180 Å². The van der Waals surface area contributed by atoms with E-state index in [1.807, 2.05) is 146 Å². The fourth-order valence-electron chi connectivity index (χ4n) is 8.62. The van der Waals surface area contributed by atoms with E-state index in [4.69, 9.17) is 18.9 Å². The molecule has 0 radical (unpaired) electrons. The molecule has 0 aromatic heterocycles. The standard InChI is InChI=1S/C56H42O8S/c1-61-45-17-13-33-21-41(9-5-37(33)25-45)51-29-49(30-52(55(51)57)42-10-6-38-26-46(62-2)18-14-34(38)22-42)65(59,60)50-31-53(43-11-7-39-27-47(63-3)19-15-35(39)23-43)56(58)54(32-50)44-12-8-40-28-48(64-4)20-16-36(40)24-44/h5-32,57-58H,1-4H3. The van der Waals surface area contributed by atoms with E-state index in [1.54, 1.807) is 28.4 Å². The molecule has 9 heteroatoms. The van der Waals surface area contributed by atoms with E-state index in [-0.39, 0.29) is 21.3 Å². The van der Waals surface area contributed by atoms with Crippen LogP contribution in [-0.4, -0.2) is 47.1 Å². The van der Waals surface area contributed by atoms with Crippen LogP contribution >= 0.6 is 0 Å². The lowest BCUT2D eigenvalue weighted by molar-refractivity contribution is 0.415. The summed E-state index contributed by atoms with van der Waals surface area (Å²) in [7, 11) is 2.07. The molecule has 0 aliphatic rings. The molecular weight excluding hydrogens is 833 g/mol. The number of rotatable bonds is 10. The van der Waals surface area contributed by atoms with Crippen molar-refractivity contribution in [2.24, 2.45) is 0 Å².